The van der Waals surface area contributed by atoms with E-state index in [0.29, 0.717) is 0 Å². The standard InChI is InChI=1S/C9H13N4Se/c1-13(2)7-8-5-3-4-6-9(8)14(13)12-11-10/h3-6,14H,7H2,1-2H3/q+1. The first kappa shape index (κ1) is 9.56. The molecule has 0 saturated heterocycles. The third kappa shape index (κ3) is 1.41. The fourth-order valence-corrected chi connectivity index (χ4v) is 5.75. The molecule has 1 aromatic rings. The van der Waals surface area contributed by atoms with Gasteiger partial charge in [-0.05, 0) is 0 Å². The number of fused-ring (bicyclic) bond motifs is 1. The molecule has 1 unspecified atom stereocenters. The Labute approximate surface area is 87.7 Å². The summed E-state index contributed by atoms with van der Waals surface area (Å²) >= 11 is -1.62. The molecule has 1 aromatic carbocycles. The van der Waals surface area contributed by atoms with Gasteiger partial charge in [0.1, 0.15) is 0 Å². The van der Waals surface area contributed by atoms with Crippen LogP contribution in [0.25, 0.3) is 10.4 Å². The molecule has 0 spiro atoms. The summed E-state index contributed by atoms with van der Waals surface area (Å²) in [6.07, 6.45) is 0. The maximum absolute atomic E-state index is 8.57. The Bertz CT molecular complexity index is 409. The number of nitrogens with zero attached hydrogens (tertiary/aromatic N) is 4. The fraction of sp³-hybridized carbons (Fsp3) is 0.333. The second-order valence-electron chi connectivity index (χ2n) is 3.88. The molecule has 0 saturated carbocycles. The van der Waals surface area contributed by atoms with E-state index in [1.54, 1.807) is 0 Å². The average Bonchev–Trinajstić information content (AvgIpc) is 2.39. The van der Waals surface area contributed by atoms with E-state index in [1.807, 2.05) is 12.1 Å². The monoisotopic (exact) mass is 257 g/mol. The molecule has 0 fully saturated rings. The predicted octanol–water partition coefficient (Wildman–Crippen LogP) is 1.01. The summed E-state index contributed by atoms with van der Waals surface area (Å²) in [4.78, 5) is 2.99. The first-order valence-corrected chi connectivity index (χ1v) is 7.03. The molecule has 0 aromatic heterocycles. The number of benzene rings is 1. The van der Waals surface area contributed by atoms with Gasteiger partial charge in [-0.3, -0.25) is 0 Å². The van der Waals surface area contributed by atoms with Gasteiger partial charge >= 0.3 is 87.3 Å². The summed E-state index contributed by atoms with van der Waals surface area (Å²) in [5.41, 5.74) is 9.92. The van der Waals surface area contributed by atoms with E-state index in [9.17, 15) is 0 Å². The molecule has 4 nitrogen and oxygen atoms in total. The summed E-state index contributed by atoms with van der Waals surface area (Å²) in [5.74, 6) is 0. The van der Waals surface area contributed by atoms with Crippen LogP contribution in [0.2, 0.25) is 0 Å². The maximum atomic E-state index is 8.57. The van der Waals surface area contributed by atoms with E-state index in [1.165, 1.54) is 10.0 Å². The zero-order chi connectivity index (χ0) is 10.2. The van der Waals surface area contributed by atoms with Gasteiger partial charge in [0.05, 0.1) is 0 Å². The van der Waals surface area contributed by atoms with Crippen LogP contribution in [0, 0.1) is 0 Å². The van der Waals surface area contributed by atoms with Gasteiger partial charge < -0.3 is 0 Å². The van der Waals surface area contributed by atoms with Gasteiger partial charge in [-0.15, -0.1) is 0 Å². The SMILES string of the molecule is C[N+]1(C)Cc2ccccc2[SeH]1N=[N+]=[N-]. The van der Waals surface area contributed by atoms with Gasteiger partial charge in [0.25, 0.3) is 0 Å². The van der Waals surface area contributed by atoms with Crippen LogP contribution in [0.4, 0.5) is 0 Å². The topological polar surface area (TPSA) is 48.8 Å². The molecule has 0 aliphatic carbocycles. The number of rotatable bonds is 1. The molecular weight excluding hydrogens is 243 g/mol. The average molecular weight is 256 g/mol. The third-order valence-electron chi connectivity index (χ3n) is 2.40. The Morgan fingerprint density at radius 2 is 2.14 bits per heavy atom. The zero-order valence-corrected chi connectivity index (χ0v) is 10.1. The number of hydrogen-bond donors (Lipinski definition) is 0. The Hall–Kier alpha value is -0.991. The van der Waals surface area contributed by atoms with Crippen molar-refractivity contribution in [2.75, 3.05) is 14.1 Å². The molecule has 0 radical (unpaired) electrons. The molecule has 14 heavy (non-hydrogen) atoms. The Morgan fingerprint density at radius 1 is 1.43 bits per heavy atom. The number of hydrogen-bond acceptors (Lipinski definition) is 1. The molecule has 1 heterocycles. The molecule has 0 amide bonds. The van der Waals surface area contributed by atoms with Crippen LogP contribution < -0.4 is 4.46 Å². The fourth-order valence-electron chi connectivity index (χ4n) is 1.81. The molecule has 0 N–H and O–H groups in total. The van der Waals surface area contributed by atoms with Crippen LogP contribution in [-0.2, 0) is 6.54 Å². The van der Waals surface area contributed by atoms with Crippen molar-refractivity contribution in [2.45, 2.75) is 6.54 Å². The van der Waals surface area contributed by atoms with Crippen LogP contribution in [0.5, 0.6) is 0 Å². The first-order valence-electron chi connectivity index (χ1n) is 4.42. The quantitative estimate of drug-likeness (QED) is 0.312. The van der Waals surface area contributed by atoms with Crippen molar-refractivity contribution in [3.63, 3.8) is 0 Å². The summed E-state index contributed by atoms with van der Waals surface area (Å²) in [6.45, 7) is 0.995. The van der Waals surface area contributed by atoms with E-state index in [4.69, 9.17) is 5.53 Å². The molecular formula is C9H13N4Se+. The van der Waals surface area contributed by atoms with Crippen LogP contribution >= 0.6 is 0 Å². The van der Waals surface area contributed by atoms with Gasteiger partial charge in [-0.1, -0.05) is 0 Å². The van der Waals surface area contributed by atoms with Crippen molar-refractivity contribution in [3.05, 3.63) is 40.3 Å². The summed E-state index contributed by atoms with van der Waals surface area (Å²) in [5, 5.41) is 0. The second-order valence-corrected chi connectivity index (χ2v) is 8.75. The number of azide groups is 1. The summed E-state index contributed by atoms with van der Waals surface area (Å²) in [6, 6.07) is 8.32. The van der Waals surface area contributed by atoms with Crippen LogP contribution in [0.15, 0.2) is 28.4 Å². The molecule has 2 rings (SSSR count). The predicted molar refractivity (Wildman–Crippen MR) is 58.2 cm³/mol. The van der Waals surface area contributed by atoms with E-state index in [2.05, 4.69) is 35.3 Å². The van der Waals surface area contributed by atoms with Crippen molar-refractivity contribution < 1.29 is 3.50 Å². The summed E-state index contributed by atoms with van der Waals surface area (Å²) in [7, 11) is 4.30. The zero-order valence-electron chi connectivity index (χ0n) is 8.25. The van der Waals surface area contributed by atoms with Gasteiger partial charge in [-0.2, -0.15) is 0 Å². The Morgan fingerprint density at radius 3 is 2.86 bits per heavy atom. The van der Waals surface area contributed by atoms with Crippen molar-refractivity contribution in [1.29, 1.82) is 0 Å². The van der Waals surface area contributed by atoms with Crippen LogP contribution in [-0.4, -0.2) is 31.9 Å². The molecule has 1 aliphatic rings. The number of quaternary nitrogens is 1. The first-order chi connectivity index (χ1) is 6.65. The van der Waals surface area contributed by atoms with Crippen molar-refractivity contribution in [2.24, 2.45) is 4.13 Å². The van der Waals surface area contributed by atoms with E-state index >= 15 is 0 Å². The molecule has 1 atom stereocenters. The van der Waals surface area contributed by atoms with Crippen molar-refractivity contribution >= 4 is 18.8 Å². The van der Waals surface area contributed by atoms with E-state index in [-0.39, 0.29) is 0 Å². The van der Waals surface area contributed by atoms with Gasteiger partial charge in [0.15, 0.2) is 0 Å². The molecule has 5 heteroatoms. The van der Waals surface area contributed by atoms with Crippen molar-refractivity contribution in [1.82, 2.24) is 0 Å². The Kier molecular flexibility index (Phi) is 2.25. The van der Waals surface area contributed by atoms with Crippen molar-refractivity contribution in [3.8, 4) is 0 Å². The third-order valence-corrected chi connectivity index (χ3v) is 7.19. The van der Waals surface area contributed by atoms with Crippen LogP contribution in [0.1, 0.15) is 5.56 Å². The second kappa shape index (κ2) is 3.30. The van der Waals surface area contributed by atoms with E-state index in [0.717, 1.165) is 10.0 Å². The van der Waals surface area contributed by atoms with E-state index < -0.39 is 14.3 Å². The molecule has 74 valence electrons. The Balaban J connectivity index is 2.53. The van der Waals surface area contributed by atoms with Gasteiger partial charge in [0.2, 0.25) is 0 Å². The van der Waals surface area contributed by atoms with Crippen LogP contribution in [0.3, 0.4) is 0 Å². The summed E-state index contributed by atoms with van der Waals surface area (Å²) < 4.78 is 6.18. The minimum atomic E-state index is -1.62. The molecule has 0 bridgehead atoms. The minimum absolute atomic E-state index is 0.858. The normalized spacial score (nSPS) is 25.1. The molecule has 1 aliphatic heterocycles. The van der Waals surface area contributed by atoms with Gasteiger partial charge in [0, 0.05) is 0 Å². The van der Waals surface area contributed by atoms with Gasteiger partial charge in [-0.25, -0.2) is 0 Å².